The highest BCUT2D eigenvalue weighted by Crippen LogP contribution is 2.42. The van der Waals surface area contributed by atoms with E-state index in [4.69, 9.17) is 19.0 Å². The van der Waals surface area contributed by atoms with Crippen molar-refractivity contribution >= 4 is 55.8 Å². The number of nitrogens with zero attached hydrogens (tertiary/aromatic N) is 4. The van der Waals surface area contributed by atoms with Crippen LogP contribution in [0.3, 0.4) is 0 Å². The molecule has 1 aliphatic heterocycles. The van der Waals surface area contributed by atoms with E-state index in [1.54, 1.807) is 45.0 Å². The lowest BCUT2D eigenvalue weighted by Crippen LogP contribution is -2.56. The summed E-state index contributed by atoms with van der Waals surface area (Å²) in [6.45, 7) is 5.24. The van der Waals surface area contributed by atoms with E-state index in [9.17, 15) is 36.0 Å². The molecule has 0 saturated carbocycles. The summed E-state index contributed by atoms with van der Waals surface area (Å²) in [5.41, 5.74) is 4.62. The fourth-order valence-corrected chi connectivity index (χ4v) is 12.2. The molecule has 3 atom stereocenters. The summed E-state index contributed by atoms with van der Waals surface area (Å²) < 4.78 is 74.7. The van der Waals surface area contributed by atoms with E-state index < -0.39 is 62.2 Å². The molecule has 6 aromatic rings. The molecule has 1 aromatic heterocycles. The number of ether oxygens (including phenoxy) is 2. The van der Waals surface area contributed by atoms with Crippen LogP contribution < -0.4 is 30.3 Å². The number of benzene rings is 5. The van der Waals surface area contributed by atoms with E-state index in [2.05, 4.69) is 61.6 Å². The van der Waals surface area contributed by atoms with Crippen molar-refractivity contribution in [2.24, 2.45) is 0 Å². The smallest absolute Gasteiger partial charge is 0.325 e. The summed E-state index contributed by atoms with van der Waals surface area (Å²) in [6.07, 6.45) is 3.61. The molecular weight excluding hydrogens is 1010 g/mol. The topological polar surface area (TPSA) is 248 Å². The molecule has 5 N–H and O–H groups in total. The second-order valence-corrected chi connectivity index (χ2v) is 21.8. The van der Waals surface area contributed by atoms with Gasteiger partial charge in [-0.3, -0.25) is 28.3 Å². The van der Waals surface area contributed by atoms with Gasteiger partial charge in [0, 0.05) is 69.3 Å². The molecular formula is C55H64N8O11S2. The van der Waals surface area contributed by atoms with Crippen molar-refractivity contribution in [3.8, 4) is 5.75 Å². The number of aryl methyl sites for hydroxylation is 2. The maximum atomic E-state index is 14.1. The van der Waals surface area contributed by atoms with E-state index >= 15 is 0 Å². The summed E-state index contributed by atoms with van der Waals surface area (Å²) >= 11 is 0. The zero-order valence-corrected chi connectivity index (χ0v) is 44.6. The quantitative estimate of drug-likeness (QED) is 0.0150. The molecule has 0 radical (unpaired) electrons. The van der Waals surface area contributed by atoms with Crippen LogP contribution in [-0.4, -0.2) is 124 Å². The number of esters is 1. The number of Topliss-reactive ketones (excluding diaryl/α,β-unsaturated/α-hetero) is 1. The van der Waals surface area contributed by atoms with E-state index in [0.717, 1.165) is 29.4 Å². The summed E-state index contributed by atoms with van der Waals surface area (Å²) in [4.78, 5) is 60.1. The van der Waals surface area contributed by atoms with Gasteiger partial charge in [-0.2, -0.15) is 13.1 Å². The minimum absolute atomic E-state index is 0.112. The Morgan fingerprint density at radius 3 is 2.07 bits per heavy atom. The number of rotatable bonds is 26. The molecule has 0 bridgehead atoms. The van der Waals surface area contributed by atoms with Crippen molar-refractivity contribution in [3.05, 3.63) is 173 Å². The molecule has 0 spiro atoms. The molecule has 0 saturated heterocycles. The first kappa shape index (κ1) is 56.3. The molecule has 402 valence electrons. The molecule has 1 aliphatic rings. The van der Waals surface area contributed by atoms with Crippen molar-refractivity contribution in [2.75, 3.05) is 56.4 Å². The number of aromatic nitrogens is 2. The fraction of sp³-hybridized carbons (Fsp3) is 0.327. The minimum atomic E-state index is -4.45. The van der Waals surface area contributed by atoms with Crippen LogP contribution in [0.25, 0.3) is 0 Å². The first-order valence-electron chi connectivity index (χ1n) is 24.7. The standard InChI is InChI=1S/C55H64N8O11S2/c1-38-30-45(74-29-15-22-50(66)57-26-25-56-40(3)36-75(68,69)70)31-39(2)52(38)76(71,72)60-47(53(67)73-5)35-62(37-64)51-33-49(65)46-24-23-41(32-48(46)61(51)4)34-59-54-58-27-28-63(54)55(42-16-9-6-10-17-42,43-18-11-7-12-19-43)44-20-13-8-14-21-44/h6-14,16-21,23-24,27-28,30-32,37,40,47,51,56,60H,15,22,25-26,29,33-36H2,1-5H3,(H,57,66)(H,58,59)(H,68,69,70)/t40-,47+,51?/m1/s1. The average molecular weight is 1080 g/mol. The Kier molecular flexibility index (Phi) is 18.5. The third-order valence-corrected chi connectivity index (χ3v) is 15.9. The number of hydrogen-bond donors (Lipinski definition) is 5. The Hall–Kier alpha value is -7.43. The zero-order chi connectivity index (χ0) is 54.6. The first-order valence-corrected chi connectivity index (χ1v) is 27.8. The van der Waals surface area contributed by atoms with Gasteiger partial charge >= 0.3 is 5.97 Å². The predicted molar refractivity (Wildman–Crippen MR) is 288 cm³/mol. The minimum Gasteiger partial charge on any atom is -0.494 e. The molecule has 19 nitrogen and oxygen atoms in total. The largest absolute Gasteiger partial charge is 0.494 e. The number of anilines is 2. The molecule has 2 amide bonds. The second kappa shape index (κ2) is 24.9. The van der Waals surface area contributed by atoms with Crippen LogP contribution in [0.4, 0.5) is 11.6 Å². The Bertz CT molecular complexity index is 3100. The number of methoxy groups -OCH3 is 1. The maximum Gasteiger partial charge on any atom is 0.325 e. The van der Waals surface area contributed by atoms with Crippen LogP contribution in [0.5, 0.6) is 5.75 Å². The first-order chi connectivity index (χ1) is 36.4. The highest BCUT2D eigenvalue weighted by Gasteiger charge is 2.41. The summed E-state index contributed by atoms with van der Waals surface area (Å²) in [7, 11) is -5.73. The fourth-order valence-electron chi connectivity index (χ4n) is 9.79. The molecule has 0 aliphatic carbocycles. The normalized spacial score (nSPS) is 14.5. The van der Waals surface area contributed by atoms with Crippen LogP contribution in [0.15, 0.2) is 139 Å². The van der Waals surface area contributed by atoms with Crippen molar-refractivity contribution in [1.82, 2.24) is 29.8 Å². The Labute approximate surface area is 443 Å². The van der Waals surface area contributed by atoms with E-state index in [1.807, 2.05) is 72.9 Å². The van der Waals surface area contributed by atoms with Gasteiger partial charge in [-0.25, -0.2) is 13.4 Å². The number of imidazole rings is 1. The Morgan fingerprint density at radius 1 is 0.895 bits per heavy atom. The zero-order valence-electron chi connectivity index (χ0n) is 43.0. The van der Waals surface area contributed by atoms with Crippen LogP contribution in [0, 0.1) is 13.8 Å². The van der Waals surface area contributed by atoms with Gasteiger partial charge in [0.15, 0.2) is 5.78 Å². The van der Waals surface area contributed by atoms with Crippen molar-refractivity contribution in [2.45, 2.75) is 75.3 Å². The number of hydrogen-bond acceptors (Lipinski definition) is 14. The van der Waals surface area contributed by atoms with Gasteiger partial charge < -0.3 is 35.2 Å². The number of amides is 2. The van der Waals surface area contributed by atoms with Gasteiger partial charge in [-0.05, 0) is 84.8 Å². The van der Waals surface area contributed by atoms with Gasteiger partial charge in [0.25, 0.3) is 10.1 Å². The lowest BCUT2D eigenvalue weighted by molar-refractivity contribution is -0.143. The van der Waals surface area contributed by atoms with Gasteiger partial charge in [0.05, 0.1) is 30.8 Å². The van der Waals surface area contributed by atoms with Crippen molar-refractivity contribution in [3.63, 3.8) is 0 Å². The summed E-state index contributed by atoms with van der Waals surface area (Å²) in [5, 5.41) is 9.16. The molecule has 2 heterocycles. The average Bonchev–Trinajstić information content (AvgIpc) is 3.92. The van der Waals surface area contributed by atoms with Crippen LogP contribution >= 0.6 is 0 Å². The monoisotopic (exact) mass is 1080 g/mol. The van der Waals surface area contributed by atoms with Crippen LogP contribution in [0.2, 0.25) is 0 Å². The van der Waals surface area contributed by atoms with Gasteiger partial charge in [-0.15, -0.1) is 0 Å². The number of nitrogens with one attached hydrogen (secondary N) is 4. The SMILES string of the molecule is COC(=O)[C@H](CN(C=O)C1CC(=O)c2ccc(CNc3nccn3C(c3ccccc3)(c3ccccc3)c3ccccc3)cc2N1C)NS(=O)(=O)c1c(C)cc(OCCCC(=O)NCCN[C@H](C)CS(=O)(=O)O)cc1C. The molecule has 1 unspecified atom stereocenters. The molecule has 7 rings (SSSR count). The van der Waals surface area contributed by atoms with Crippen molar-refractivity contribution < 1.29 is 50.0 Å². The van der Waals surface area contributed by atoms with Crippen LogP contribution in [0.1, 0.15) is 69.9 Å². The second-order valence-electron chi connectivity index (χ2n) is 18.6. The van der Waals surface area contributed by atoms with E-state index in [0.29, 0.717) is 60.0 Å². The van der Waals surface area contributed by atoms with Crippen molar-refractivity contribution in [1.29, 1.82) is 0 Å². The highest BCUT2D eigenvalue weighted by atomic mass is 32.2. The number of carbonyl (C=O) groups excluding carboxylic acids is 4. The molecule has 5 aromatic carbocycles. The lowest BCUT2D eigenvalue weighted by atomic mass is 9.76. The maximum absolute atomic E-state index is 14.1. The van der Waals surface area contributed by atoms with Crippen LogP contribution in [-0.2, 0) is 51.3 Å². The van der Waals surface area contributed by atoms with Gasteiger partial charge in [-0.1, -0.05) is 97.1 Å². The molecule has 76 heavy (non-hydrogen) atoms. The molecule has 0 fully saturated rings. The number of fused-ring (bicyclic) bond motifs is 1. The Morgan fingerprint density at radius 2 is 1.50 bits per heavy atom. The highest BCUT2D eigenvalue weighted by molar-refractivity contribution is 7.89. The summed E-state index contributed by atoms with van der Waals surface area (Å²) in [5.74, 6) is -0.959. The third kappa shape index (κ3) is 13.3. The van der Waals surface area contributed by atoms with Gasteiger partial charge in [0.1, 0.15) is 23.5 Å². The Balaban J connectivity index is 1.02. The number of sulfonamides is 1. The van der Waals surface area contributed by atoms with E-state index in [-0.39, 0.29) is 42.6 Å². The van der Waals surface area contributed by atoms with E-state index in [1.165, 1.54) is 17.0 Å². The predicted octanol–water partition coefficient (Wildman–Crippen LogP) is 5.42. The third-order valence-electron chi connectivity index (χ3n) is 13.2. The number of carbonyl (C=O) groups is 4. The molecule has 21 heteroatoms. The summed E-state index contributed by atoms with van der Waals surface area (Å²) in [6, 6.07) is 37.1. The lowest BCUT2D eigenvalue weighted by Gasteiger charge is -2.41. The number of ketones is 1. The van der Waals surface area contributed by atoms with Gasteiger partial charge in [0.2, 0.25) is 28.3 Å².